The number of ether oxygens (including phenoxy) is 3. The summed E-state index contributed by atoms with van der Waals surface area (Å²) in [5.41, 5.74) is 1.04. The van der Waals surface area contributed by atoms with E-state index in [0.717, 1.165) is 5.56 Å². The van der Waals surface area contributed by atoms with Crippen LogP contribution in [0, 0.1) is 0 Å². The monoisotopic (exact) mass is 391 g/mol. The van der Waals surface area contributed by atoms with Gasteiger partial charge in [-0.1, -0.05) is 29.8 Å². The van der Waals surface area contributed by atoms with Gasteiger partial charge < -0.3 is 19.5 Å². The summed E-state index contributed by atoms with van der Waals surface area (Å²) in [6.45, 7) is 4.08. The summed E-state index contributed by atoms with van der Waals surface area (Å²) >= 11 is 6.06. The third-order valence-corrected chi connectivity index (χ3v) is 4.13. The lowest BCUT2D eigenvalue weighted by Crippen LogP contribution is -2.35. The summed E-state index contributed by atoms with van der Waals surface area (Å²) < 4.78 is 15.9. The second kappa shape index (κ2) is 9.83. The van der Waals surface area contributed by atoms with E-state index in [1.165, 1.54) is 20.1 Å². The number of methoxy groups -OCH3 is 1. The molecule has 0 radical (unpaired) electrons. The van der Waals surface area contributed by atoms with Crippen molar-refractivity contribution in [2.45, 2.75) is 26.5 Å². The summed E-state index contributed by atoms with van der Waals surface area (Å²) in [4.78, 5) is 24.5. The highest BCUT2D eigenvalue weighted by atomic mass is 35.5. The van der Waals surface area contributed by atoms with Gasteiger partial charge in [-0.3, -0.25) is 4.79 Å². The molecule has 1 amide bonds. The highest BCUT2D eigenvalue weighted by Gasteiger charge is 2.20. The first kappa shape index (κ1) is 20.6. The van der Waals surface area contributed by atoms with Gasteiger partial charge >= 0.3 is 5.97 Å². The molecule has 0 saturated heterocycles. The van der Waals surface area contributed by atoms with Crippen LogP contribution in [-0.4, -0.2) is 31.7 Å². The fourth-order valence-electron chi connectivity index (χ4n) is 2.32. The van der Waals surface area contributed by atoms with Crippen LogP contribution in [0.2, 0.25) is 5.02 Å². The van der Waals surface area contributed by atoms with E-state index in [2.05, 4.69) is 5.32 Å². The molecule has 6 nitrogen and oxygen atoms in total. The quantitative estimate of drug-likeness (QED) is 0.696. The van der Waals surface area contributed by atoms with Gasteiger partial charge in [0.2, 0.25) is 0 Å². The van der Waals surface area contributed by atoms with E-state index in [1.54, 1.807) is 18.2 Å². The zero-order valence-corrected chi connectivity index (χ0v) is 16.2. The van der Waals surface area contributed by atoms with Crippen molar-refractivity contribution < 1.29 is 23.8 Å². The number of amides is 1. The molecular formula is C20H22ClNO5. The van der Waals surface area contributed by atoms with Crippen molar-refractivity contribution in [2.75, 3.05) is 13.7 Å². The summed E-state index contributed by atoms with van der Waals surface area (Å²) in [5, 5.41) is 3.26. The maximum Gasteiger partial charge on any atom is 0.339 e. The van der Waals surface area contributed by atoms with E-state index in [1.807, 2.05) is 25.1 Å². The zero-order chi connectivity index (χ0) is 19.8. The predicted octanol–water partition coefficient (Wildman–Crippen LogP) is 3.61. The highest BCUT2D eigenvalue weighted by molar-refractivity contribution is 6.31. The van der Waals surface area contributed by atoms with E-state index in [4.69, 9.17) is 25.8 Å². The molecule has 0 aliphatic carbocycles. The van der Waals surface area contributed by atoms with Crippen LogP contribution in [-0.2, 0) is 16.1 Å². The lowest BCUT2D eigenvalue weighted by molar-refractivity contribution is -0.129. The van der Waals surface area contributed by atoms with Gasteiger partial charge in [0.1, 0.15) is 0 Å². The number of nitrogens with one attached hydrogen (secondary N) is 1. The molecule has 0 saturated carbocycles. The van der Waals surface area contributed by atoms with Crippen molar-refractivity contribution >= 4 is 23.5 Å². The predicted molar refractivity (Wildman–Crippen MR) is 102 cm³/mol. The first-order valence-electron chi connectivity index (χ1n) is 8.49. The minimum Gasteiger partial charge on any atom is -0.493 e. The molecule has 7 heteroatoms. The summed E-state index contributed by atoms with van der Waals surface area (Å²) in [6, 6.07) is 11.9. The van der Waals surface area contributed by atoms with E-state index in [-0.39, 0.29) is 12.1 Å². The second-order valence-electron chi connectivity index (χ2n) is 5.66. The molecule has 1 atom stereocenters. The Kier molecular flexibility index (Phi) is 7.49. The standard InChI is InChI=1S/C20H22ClNO5/c1-4-26-17-10-9-14(11-18(17)25-3)20(24)27-13(2)19(23)22-12-15-7-5-6-8-16(15)21/h5-11,13H,4,12H2,1-3H3,(H,22,23). The molecule has 0 bridgehead atoms. The van der Waals surface area contributed by atoms with Crippen LogP contribution in [0.15, 0.2) is 42.5 Å². The smallest absolute Gasteiger partial charge is 0.339 e. The van der Waals surface area contributed by atoms with Crippen molar-refractivity contribution in [3.05, 3.63) is 58.6 Å². The first-order chi connectivity index (χ1) is 13.0. The zero-order valence-electron chi connectivity index (χ0n) is 15.5. The first-order valence-corrected chi connectivity index (χ1v) is 8.87. The molecule has 0 fully saturated rings. The normalized spacial score (nSPS) is 11.4. The molecule has 27 heavy (non-hydrogen) atoms. The number of benzene rings is 2. The van der Waals surface area contributed by atoms with E-state index >= 15 is 0 Å². The van der Waals surface area contributed by atoms with Gasteiger partial charge in [-0.05, 0) is 43.7 Å². The van der Waals surface area contributed by atoms with Gasteiger partial charge in [0.25, 0.3) is 5.91 Å². The Balaban J connectivity index is 1.96. The Morgan fingerprint density at radius 3 is 2.56 bits per heavy atom. The Morgan fingerprint density at radius 2 is 1.89 bits per heavy atom. The largest absolute Gasteiger partial charge is 0.493 e. The van der Waals surface area contributed by atoms with Crippen molar-refractivity contribution in [1.82, 2.24) is 5.32 Å². The molecular weight excluding hydrogens is 370 g/mol. The Hall–Kier alpha value is -2.73. The van der Waals surface area contributed by atoms with Crippen LogP contribution in [0.3, 0.4) is 0 Å². The summed E-state index contributed by atoms with van der Waals surface area (Å²) in [6.07, 6.45) is -0.961. The number of esters is 1. The molecule has 1 N–H and O–H groups in total. The van der Waals surface area contributed by atoms with Crippen LogP contribution in [0.5, 0.6) is 11.5 Å². The van der Waals surface area contributed by atoms with Crippen LogP contribution in [0.1, 0.15) is 29.8 Å². The molecule has 1 unspecified atom stereocenters. The summed E-state index contributed by atoms with van der Waals surface area (Å²) in [5.74, 6) is -0.0953. The van der Waals surface area contributed by atoms with Gasteiger partial charge in [0.05, 0.1) is 19.3 Å². The molecule has 2 aromatic carbocycles. The van der Waals surface area contributed by atoms with Crippen molar-refractivity contribution in [3.63, 3.8) is 0 Å². The molecule has 0 spiro atoms. The number of hydrogen-bond acceptors (Lipinski definition) is 5. The highest BCUT2D eigenvalue weighted by Crippen LogP contribution is 2.28. The Morgan fingerprint density at radius 1 is 1.15 bits per heavy atom. The van der Waals surface area contributed by atoms with E-state index in [0.29, 0.717) is 23.1 Å². The van der Waals surface area contributed by atoms with Crippen molar-refractivity contribution in [2.24, 2.45) is 0 Å². The molecule has 0 aliphatic heterocycles. The van der Waals surface area contributed by atoms with Crippen LogP contribution >= 0.6 is 11.6 Å². The van der Waals surface area contributed by atoms with Crippen molar-refractivity contribution in [3.8, 4) is 11.5 Å². The second-order valence-corrected chi connectivity index (χ2v) is 6.06. The topological polar surface area (TPSA) is 73.9 Å². The van der Waals surface area contributed by atoms with E-state index in [9.17, 15) is 9.59 Å². The lowest BCUT2D eigenvalue weighted by Gasteiger charge is -2.15. The average Bonchev–Trinajstić information content (AvgIpc) is 2.67. The van der Waals surface area contributed by atoms with Gasteiger partial charge in [-0.25, -0.2) is 4.79 Å². The maximum atomic E-state index is 12.3. The van der Waals surface area contributed by atoms with Gasteiger partial charge in [-0.2, -0.15) is 0 Å². The SMILES string of the molecule is CCOc1ccc(C(=O)OC(C)C(=O)NCc2ccccc2Cl)cc1OC. The number of hydrogen-bond donors (Lipinski definition) is 1. The Bertz CT molecular complexity index is 809. The molecule has 2 aromatic rings. The third-order valence-electron chi connectivity index (χ3n) is 3.76. The molecule has 0 aliphatic rings. The van der Waals surface area contributed by atoms with Gasteiger partial charge in [-0.15, -0.1) is 0 Å². The number of carbonyl (C=O) groups is 2. The minimum absolute atomic E-state index is 0.247. The molecule has 0 aromatic heterocycles. The van der Waals surface area contributed by atoms with Crippen molar-refractivity contribution in [1.29, 1.82) is 0 Å². The van der Waals surface area contributed by atoms with Crippen LogP contribution < -0.4 is 14.8 Å². The number of carbonyl (C=O) groups excluding carboxylic acids is 2. The molecule has 2 rings (SSSR count). The average molecular weight is 392 g/mol. The number of rotatable bonds is 8. The third kappa shape index (κ3) is 5.62. The lowest BCUT2D eigenvalue weighted by atomic mass is 10.2. The fourth-order valence-corrected chi connectivity index (χ4v) is 2.52. The Labute approximate surface area is 163 Å². The van der Waals surface area contributed by atoms with E-state index < -0.39 is 18.0 Å². The number of halogens is 1. The minimum atomic E-state index is -0.961. The van der Waals surface area contributed by atoms with Crippen LogP contribution in [0.4, 0.5) is 0 Å². The molecule has 0 heterocycles. The summed E-state index contributed by atoms with van der Waals surface area (Å²) in [7, 11) is 1.48. The maximum absolute atomic E-state index is 12.3. The van der Waals surface area contributed by atoms with Gasteiger partial charge in [0, 0.05) is 11.6 Å². The molecule has 144 valence electrons. The van der Waals surface area contributed by atoms with Gasteiger partial charge in [0.15, 0.2) is 17.6 Å². The fraction of sp³-hybridized carbons (Fsp3) is 0.300. The van der Waals surface area contributed by atoms with Crippen LogP contribution in [0.25, 0.3) is 0 Å².